The monoisotopic (exact) mass is 391 g/mol. The van der Waals surface area contributed by atoms with Gasteiger partial charge in [-0.25, -0.2) is 0 Å². The highest BCUT2D eigenvalue weighted by atomic mass is 32.2. The molecule has 2 heterocycles. The normalized spacial score (nSPS) is 12.6. The van der Waals surface area contributed by atoms with Gasteiger partial charge >= 0.3 is 0 Å². The summed E-state index contributed by atoms with van der Waals surface area (Å²) in [5.41, 5.74) is 2.59. The molecule has 1 aromatic heterocycles. The first-order valence-electron chi connectivity index (χ1n) is 8.68. The van der Waals surface area contributed by atoms with E-state index in [4.69, 9.17) is 4.74 Å². The Morgan fingerprint density at radius 2 is 2.07 bits per heavy atom. The summed E-state index contributed by atoms with van der Waals surface area (Å²) in [4.78, 5) is 29.3. The van der Waals surface area contributed by atoms with Crippen molar-refractivity contribution < 1.29 is 14.3 Å². The van der Waals surface area contributed by atoms with Gasteiger partial charge in [-0.3, -0.25) is 14.6 Å². The molecule has 0 aliphatic carbocycles. The van der Waals surface area contributed by atoms with E-state index in [1.807, 2.05) is 36.4 Å². The minimum Gasteiger partial charge on any atom is -0.487 e. The Bertz CT molecular complexity index is 1020. The van der Waals surface area contributed by atoms with Gasteiger partial charge in [0.15, 0.2) is 0 Å². The average Bonchev–Trinajstić information content (AvgIpc) is 2.72. The van der Waals surface area contributed by atoms with Crippen LogP contribution in [-0.4, -0.2) is 22.6 Å². The van der Waals surface area contributed by atoms with Gasteiger partial charge in [-0.15, -0.1) is 11.8 Å². The number of amides is 2. The van der Waals surface area contributed by atoms with Crippen LogP contribution in [0.15, 0.2) is 71.8 Å². The van der Waals surface area contributed by atoms with Gasteiger partial charge in [-0.2, -0.15) is 0 Å². The first-order chi connectivity index (χ1) is 13.7. The van der Waals surface area contributed by atoms with E-state index in [0.29, 0.717) is 35.0 Å². The highest BCUT2D eigenvalue weighted by molar-refractivity contribution is 8.00. The van der Waals surface area contributed by atoms with Crippen LogP contribution in [0.1, 0.15) is 16.1 Å². The summed E-state index contributed by atoms with van der Waals surface area (Å²) in [6, 6.07) is 18.1. The predicted octanol–water partition coefficient (Wildman–Crippen LogP) is 3.96. The third-order valence-electron chi connectivity index (χ3n) is 4.08. The molecule has 0 saturated heterocycles. The van der Waals surface area contributed by atoms with Gasteiger partial charge in [0.2, 0.25) is 5.91 Å². The number of hydrogen-bond acceptors (Lipinski definition) is 5. The van der Waals surface area contributed by atoms with Crippen molar-refractivity contribution in [2.45, 2.75) is 11.5 Å². The molecule has 2 amide bonds. The first-order valence-corrected chi connectivity index (χ1v) is 9.67. The Morgan fingerprint density at radius 1 is 1.14 bits per heavy atom. The van der Waals surface area contributed by atoms with Gasteiger partial charge in [0, 0.05) is 28.4 Å². The lowest BCUT2D eigenvalue weighted by atomic mass is 10.1. The SMILES string of the molecule is O=C1CSc2ccc(C(=O)Nc3cccc(OCc4ccccn4)c3)cc2N1. The summed E-state index contributed by atoms with van der Waals surface area (Å²) < 4.78 is 5.74. The molecule has 1 aliphatic heterocycles. The number of thioether (sulfide) groups is 1. The second-order valence-corrected chi connectivity index (χ2v) is 7.16. The number of ether oxygens (including phenoxy) is 1. The number of rotatable bonds is 5. The second-order valence-electron chi connectivity index (χ2n) is 6.14. The smallest absolute Gasteiger partial charge is 0.255 e. The lowest BCUT2D eigenvalue weighted by Crippen LogP contribution is -2.19. The van der Waals surface area contributed by atoms with Crippen LogP contribution < -0.4 is 15.4 Å². The van der Waals surface area contributed by atoms with Crippen LogP contribution in [0.5, 0.6) is 5.75 Å². The zero-order chi connectivity index (χ0) is 19.3. The molecule has 0 fully saturated rings. The van der Waals surface area contributed by atoms with Crippen molar-refractivity contribution >= 4 is 35.0 Å². The molecule has 1 aliphatic rings. The van der Waals surface area contributed by atoms with Gasteiger partial charge in [-0.05, 0) is 42.5 Å². The number of anilines is 2. The van der Waals surface area contributed by atoms with Crippen LogP contribution in [0, 0.1) is 0 Å². The Balaban J connectivity index is 1.43. The van der Waals surface area contributed by atoms with Crippen molar-refractivity contribution in [1.29, 1.82) is 0 Å². The maximum absolute atomic E-state index is 12.6. The number of aromatic nitrogens is 1. The highest BCUT2D eigenvalue weighted by Gasteiger charge is 2.17. The highest BCUT2D eigenvalue weighted by Crippen LogP contribution is 2.32. The van der Waals surface area contributed by atoms with E-state index in [1.165, 1.54) is 11.8 Å². The topological polar surface area (TPSA) is 80.3 Å². The third-order valence-corrected chi connectivity index (χ3v) is 5.15. The lowest BCUT2D eigenvalue weighted by Gasteiger charge is -2.17. The number of nitrogens with one attached hydrogen (secondary N) is 2. The number of pyridine rings is 1. The van der Waals surface area contributed by atoms with E-state index in [1.54, 1.807) is 30.5 Å². The van der Waals surface area contributed by atoms with Crippen LogP contribution in [0.4, 0.5) is 11.4 Å². The number of hydrogen-bond donors (Lipinski definition) is 2. The fourth-order valence-corrected chi connectivity index (χ4v) is 3.52. The molecule has 3 aromatic rings. The number of benzene rings is 2. The van der Waals surface area contributed by atoms with Crippen molar-refractivity contribution in [3.05, 3.63) is 78.1 Å². The molecule has 0 saturated carbocycles. The lowest BCUT2D eigenvalue weighted by molar-refractivity contribution is -0.113. The molecule has 4 rings (SSSR count). The molecule has 28 heavy (non-hydrogen) atoms. The maximum Gasteiger partial charge on any atom is 0.255 e. The van der Waals surface area contributed by atoms with Crippen molar-refractivity contribution in [2.75, 3.05) is 16.4 Å². The fraction of sp³-hybridized carbons (Fsp3) is 0.0952. The van der Waals surface area contributed by atoms with Crippen LogP contribution in [-0.2, 0) is 11.4 Å². The summed E-state index contributed by atoms with van der Waals surface area (Å²) >= 11 is 1.46. The van der Waals surface area contributed by atoms with Crippen molar-refractivity contribution in [3.63, 3.8) is 0 Å². The van der Waals surface area contributed by atoms with Crippen molar-refractivity contribution in [3.8, 4) is 5.75 Å². The second kappa shape index (κ2) is 8.14. The van der Waals surface area contributed by atoms with E-state index in [2.05, 4.69) is 15.6 Å². The first kappa shape index (κ1) is 18.1. The van der Waals surface area contributed by atoms with Crippen molar-refractivity contribution in [2.24, 2.45) is 0 Å². The summed E-state index contributed by atoms with van der Waals surface area (Å²) in [5.74, 6) is 0.712. The molecule has 7 heteroatoms. The molecule has 6 nitrogen and oxygen atoms in total. The standard InChI is InChI=1S/C21H17N3O3S/c25-20-13-28-19-8-7-14(10-18(19)24-20)21(26)23-15-5-3-6-17(11-15)27-12-16-4-1-2-9-22-16/h1-11H,12-13H2,(H,23,26)(H,24,25). The Morgan fingerprint density at radius 3 is 2.93 bits per heavy atom. The van der Waals surface area contributed by atoms with Crippen LogP contribution in [0.2, 0.25) is 0 Å². The molecule has 2 N–H and O–H groups in total. The Hall–Kier alpha value is -3.32. The Labute approximate surface area is 166 Å². The largest absolute Gasteiger partial charge is 0.487 e. The number of carbonyl (C=O) groups excluding carboxylic acids is 2. The zero-order valence-electron chi connectivity index (χ0n) is 14.8. The van der Waals surface area contributed by atoms with Crippen LogP contribution in [0.25, 0.3) is 0 Å². The summed E-state index contributed by atoms with van der Waals surface area (Å²) in [6.07, 6.45) is 1.72. The molecule has 0 bridgehead atoms. The number of carbonyl (C=O) groups is 2. The molecule has 140 valence electrons. The molecule has 0 atom stereocenters. The summed E-state index contributed by atoms with van der Waals surface area (Å²) in [5, 5.41) is 5.66. The maximum atomic E-state index is 12.6. The number of fused-ring (bicyclic) bond motifs is 1. The van der Waals surface area contributed by atoms with E-state index in [0.717, 1.165) is 10.6 Å². The zero-order valence-corrected chi connectivity index (χ0v) is 15.7. The minimum atomic E-state index is -0.255. The summed E-state index contributed by atoms with van der Waals surface area (Å²) in [6.45, 7) is 0.348. The van der Waals surface area contributed by atoms with E-state index in [9.17, 15) is 9.59 Å². The third kappa shape index (κ3) is 4.32. The average molecular weight is 391 g/mol. The predicted molar refractivity (Wildman–Crippen MR) is 109 cm³/mol. The minimum absolute atomic E-state index is 0.0622. The van der Waals surface area contributed by atoms with Gasteiger partial charge in [0.05, 0.1) is 17.1 Å². The molecule has 0 radical (unpaired) electrons. The Kier molecular flexibility index (Phi) is 5.25. The van der Waals surface area contributed by atoms with Crippen molar-refractivity contribution in [1.82, 2.24) is 4.98 Å². The molecule has 2 aromatic carbocycles. The van der Waals surface area contributed by atoms with Gasteiger partial charge in [0.1, 0.15) is 12.4 Å². The van der Waals surface area contributed by atoms with Gasteiger partial charge in [0.25, 0.3) is 5.91 Å². The van der Waals surface area contributed by atoms with Crippen LogP contribution in [0.3, 0.4) is 0 Å². The molecule has 0 spiro atoms. The van der Waals surface area contributed by atoms with Gasteiger partial charge < -0.3 is 15.4 Å². The van der Waals surface area contributed by atoms with E-state index < -0.39 is 0 Å². The van der Waals surface area contributed by atoms with Gasteiger partial charge in [-0.1, -0.05) is 12.1 Å². The molecular formula is C21H17N3O3S. The van der Waals surface area contributed by atoms with E-state index >= 15 is 0 Å². The van der Waals surface area contributed by atoms with Crippen LogP contribution >= 0.6 is 11.8 Å². The number of nitrogens with zero attached hydrogens (tertiary/aromatic N) is 1. The fourth-order valence-electron chi connectivity index (χ4n) is 2.73. The molecule has 0 unspecified atom stereocenters. The van der Waals surface area contributed by atoms with E-state index in [-0.39, 0.29) is 11.8 Å². The molecular weight excluding hydrogens is 374 g/mol. The summed E-state index contributed by atoms with van der Waals surface area (Å²) in [7, 11) is 0. The quantitative estimate of drug-likeness (QED) is 0.688.